The molecule has 0 aliphatic carbocycles. The lowest BCUT2D eigenvalue weighted by Crippen LogP contribution is -2.55. The molecule has 16 heteroatoms. The minimum atomic E-state index is -1.14. The first-order chi connectivity index (χ1) is 25.2. The standard InChI is InChI=1S/C37H50N10O6/c1-22-16-26(48)17-23(2)27(22)19-30(44-32(49)28(12-9-15-41-35(38)39)45-36(51)52-37(3,4)5)33(50)43-29(14-13-25-20-40-21-42-25)34-46-31(47-53-34)18-24-10-7-6-8-11-24/h6-8,10-11,16-17,20-21,28-30,48H,9,12-15,18-19H2,1-5H3,(H,40,42)(H,43,50)(H,44,49)(H,45,51)(H4,38,39,41)/t28-,29+,30+/m1/s1. The second-order valence-corrected chi connectivity index (χ2v) is 13.9. The Morgan fingerprint density at radius 3 is 2.36 bits per heavy atom. The first kappa shape index (κ1) is 39.8. The molecule has 2 heterocycles. The molecule has 3 atom stereocenters. The van der Waals surface area contributed by atoms with Crippen LogP contribution in [-0.4, -0.2) is 73.3 Å². The van der Waals surface area contributed by atoms with Gasteiger partial charge in [-0.05, 0) is 94.7 Å². The molecule has 4 rings (SSSR count). The third kappa shape index (κ3) is 13.0. The lowest BCUT2D eigenvalue weighted by molar-refractivity contribution is -0.130. The van der Waals surface area contributed by atoms with Crippen molar-refractivity contribution in [3.05, 3.63) is 94.7 Å². The Bertz CT molecular complexity index is 1800. The lowest BCUT2D eigenvalue weighted by Gasteiger charge is -2.27. The van der Waals surface area contributed by atoms with Crippen LogP contribution in [0.1, 0.15) is 85.7 Å². The van der Waals surface area contributed by atoms with Crippen molar-refractivity contribution in [3.63, 3.8) is 0 Å². The third-order valence-corrected chi connectivity index (χ3v) is 8.26. The van der Waals surface area contributed by atoms with Gasteiger partial charge in [0, 0.05) is 25.6 Å². The topological polar surface area (TPSA) is 246 Å². The Morgan fingerprint density at radius 1 is 1.02 bits per heavy atom. The number of carbonyl (C=O) groups is 3. The highest BCUT2D eigenvalue weighted by atomic mass is 16.6. The number of H-pyrrole nitrogens is 1. The lowest BCUT2D eigenvalue weighted by atomic mass is 9.95. The summed E-state index contributed by atoms with van der Waals surface area (Å²) in [6.07, 6.45) is 4.35. The number of hydrogen-bond donors (Lipinski definition) is 8. The zero-order chi connectivity index (χ0) is 38.5. The van der Waals surface area contributed by atoms with Gasteiger partial charge >= 0.3 is 6.09 Å². The molecule has 53 heavy (non-hydrogen) atoms. The number of rotatable bonds is 17. The zero-order valence-electron chi connectivity index (χ0n) is 30.8. The Kier molecular flexibility index (Phi) is 13.9. The predicted octanol–water partition coefficient (Wildman–Crippen LogP) is 3.38. The smallest absolute Gasteiger partial charge is 0.408 e. The maximum absolute atomic E-state index is 14.3. The van der Waals surface area contributed by atoms with Gasteiger partial charge in [0.1, 0.15) is 29.5 Å². The van der Waals surface area contributed by atoms with Crippen LogP contribution in [-0.2, 0) is 33.6 Å². The van der Waals surface area contributed by atoms with Crippen LogP contribution in [0.5, 0.6) is 5.75 Å². The van der Waals surface area contributed by atoms with E-state index in [2.05, 4.69) is 41.4 Å². The summed E-state index contributed by atoms with van der Waals surface area (Å²) in [5.41, 5.74) is 8.56. The quantitative estimate of drug-likeness (QED) is 0.0445. The van der Waals surface area contributed by atoms with Crippen LogP contribution in [0.2, 0.25) is 0 Å². The minimum Gasteiger partial charge on any atom is -0.508 e. The van der Waals surface area contributed by atoms with E-state index in [-0.39, 0.29) is 37.0 Å². The summed E-state index contributed by atoms with van der Waals surface area (Å²) in [5, 5.41) is 33.0. The third-order valence-electron chi connectivity index (χ3n) is 8.26. The van der Waals surface area contributed by atoms with E-state index in [1.807, 2.05) is 44.2 Å². The summed E-state index contributed by atoms with van der Waals surface area (Å²) in [5.74, 6) is -0.656. The summed E-state index contributed by atoms with van der Waals surface area (Å²) in [6, 6.07) is 9.88. The number of carbonyl (C=O) groups excluding carboxylic acids is 3. The molecule has 0 bridgehead atoms. The van der Waals surface area contributed by atoms with Gasteiger partial charge in [-0.15, -0.1) is 0 Å². The monoisotopic (exact) mass is 730 g/mol. The highest BCUT2D eigenvalue weighted by Gasteiger charge is 2.31. The van der Waals surface area contributed by atoms with Crippen LogP contribution < -0.4 is 27.0 Å². The average Bonchev–Trinajstić information content (AvgIpc) is 3.77. The van der Waals surface area contributed by atoms with Gasteiger partial charge in [-0.3, -0.25) is 15.0 Å². The van der Waals surface area contributed by atoms with Gasteiger partial charge in [-0.1, -0.05) is 35.5 Å². The maximum atomic E-state index is 14.3. The number of benzene rings is 2. The van der Waals surface area contributed by atoms with Crippen molar-refractivity contribution in [2.75, 3.05) is 6.54 Å². The molecule has 2 aromatic carbocycles. The number of imidazole rings is 1. The van der Waals surface area contributed by atoms with Crippen molar-refractivity contribution in [2.24, 2.45) is 5.73 Å². The Hall–Kier alpha value is -5.93. The van der Waals surface area contributed by atoms with E-state index >= 15 is 0 Å². The van der Waals surface area contributed by atoms with E-state index in [9.17, 15) is 19.5 Å². The Labute approximate surface area is 308 Å². The fraction of sp³-hybridized carbons (Fsp3) is 0.432. The molecule has 2 aromatic heterocycles. The number of aromatic amines is 1. The number of nitrogens with two attached hydrogens (primary N) is 1. The molecule has 284 valence electrons. The molecule has 4 aromatic rings. The Balaban J connectivity index is 1.62. The van der Waals surface area contributed by atoms with Crippen molar-refractivity contribution in [2.45, 2.75) is 96.9 Å². The zero-order valence-corrected chi connectivity index (χ0v) is 30.8. The van der Waals surface area contributed by atoms with Gasteiger partial charge in [0.05, 0.1) is 12.0 Å². The number of alkyl carbamates (subject to hydrolysis) is 1. The summed E-state index contributed by atoms with van der Waals surface area (Å²) in [4.78, 5) is 53.0. The Morgan fingerprint density at radius 2 is 1.72 bits per heavy atom. The number of phenolic OH excluding ortho intramolecular Hbond substituents is 1. The van der Waals surface area contributed by atoms with Crippen LogP contribution >= 0.6 is 0 Å². The summed E-state index contributed by atoms with van der Waals surface area (Å²) >= 11 is 0. The van der Waals surface area contributed by atoms with Crippen molar-refractivity contribution in [3.8, 4) is 5.75 Å². The van der Waals surface area contributed by atoms with Gasteiger partial charge < -0.3 is 46.4 Å². The molecule has 0 saturated heterocycles. The number of phenols is 1. The van der Waals surface area contributed by atoms with Gasteiger partial charge in [-0.2, -0.15) is 4.98 Å². The fourth-order valence-corrected chi connectivity index (χ4v) is 5.73. The van der Waals surface area contributed by atoms with E-state index < -0.39 is 41.6 Å². The van der Waals surface area contributed by atoms with Gasteiger partial charge in [0.25, 0.3) is 0 Å². The van der Waals surface area contributed by atoms with Crippen molar-refractivity contribution in [1.82, 2.24) is 41.4 Å². The molecule has 0 fully saturated rings. The molecule has 0 aliphatic rings. The van der Waals surface area contributed by atoms with Crippen LogP contribution in [0.3, 0.4) is 0 Å². The van der Waals surface area contributed by atoms with E-state index in [1.54, 1.807) is 45.4 Å². The van der Waals surface area contributed by atoms with Gasteiger partial charge in [0.15, 0.2) is 11.8 Å². The number of nitrogens with one attached hydrogen (secondary N) is 6. The van der Waals surface area contributed by atoms with E-state index in [4.69, 9.17) is 20.4 Å². The number of ether oxygens (including phenoxy) is 1. The molecular formula is C37H50N10O6. The highest BCUT2D eigenvalue weighted by molar-refractivity contribution is 5.91. The minimum absolute atomic E-state index is 0.0652. The number of hydrogen-bond acceptors (Lipinski definition) is 10. The molecule has 3 amide bonds. The van der Waals surface area contributed by atoms with E-state index in [0.29, 0.717) is 31.5 Å². The molecule has 0 saturated carbocycles. The van der Waals surface area contributed by atoms with Crippen LogP contribution in [0.15, 0.2) is 59.5 Å². The number of nitrogens with zero attached hydrogens (tertiary/aromatic N) is 3. The average molecular weight is 731 g/mol. The van der Waals surface area contributed by atoms with Crippen LogP contribution in [0, 0.1) is 19.3 Å². The summed E-state index contributed by atoms with van der Waals surface area (Å²) in [7, 11) is 0. The first-order valence-corrected chi connectivity index (χ1v) is 17.5. The molecule has 9 N–H and O–H groups in total. The second-order valence-electron chi connectivity index (χ2n) is 13.9. The van der Waals surface area contributed by atoms with Crippen LogP contribution in [0.4, 0.5) is 4.79 Å². The SMILES string of the molecule is Cc1cc(O)cc(C)c1C[C@H](NC(=O)[C@@H](CCCNC(=N)N)NC(=O)OC(C)(C)C)C(=O)N[C@@H](CCc1c[nH]cn1)c1nc(Cc2ccccc2)no1. The largest absolute Gasteiger partial charge is 0.508 e. The normalized spacial score (nSPS) is 13.0. The second kappa shape index (κ2) is 18.5. The molecule has 0 radical (unpaired) electrons. The van der Waals surface area contributed by atoms with Crippen molar-refractivity contribution >= 4 is 23.9 Å². The fourth-order valence-electron chi connectivity index (χ4n) is 5.73. The van der Waals surface area contributed by atoms with Gasteiger partial charge in [-0.25, -0.2) is 9.78 Å². The predicted molar refractivity (Wildman–Crippen MR) is 197 cm³/mol. The molecule has 0 unspecified atom stereocenters. The van der Waals surface area contributed by atoms with Crippen molar-refractivity contribution < 1.29 is 28.8 Å². The molecule has 0 spiro atoms. The van der Waals surface area contributed by atoms with E-state index in [1.165, 1.54) is 0 Å². The molecular weight excluding hydrogens is 680 g/mol. The molecule has 0 aliphatic heterocycles. The summed E-state index contributed by atoms with van der Waals surface area (Å²) in [6.45, 7) is 9.02. The number of aromatic nitrogens is 4. The van der Waals surface area contributed by atoms with Gasteiger partial charge in [0.2, 0.25) is 17.7 Å². The number of aryl methyl sites for hydroxylation is 3. The maximum Gasteiger partial charge on any atom is 0.408 e. The number of aromatic hydroxyl groups is 1. The van der Waals surface area contributed by atoms with Crippen molar-refractivity contribution in [1.29, 1.82) is 5.41 Å². The summed E-state index contributed by atoms with van der Waals surface area (Å²) < 4.78 is 11.1. The van der Waals surface area contributed by atoms with E-state index in [0.717, 1.165) is 27.9 Å². The number of guanidine groups is 1. The first-order valence-electron chi connectivity index (χ1n) is 17.5. The highest BCUT2D eigenvalue weighted by Crippen LogP contribution is 2.24. The molecule has 16 nitrogen and oxygen atoms in total. The van der Waals surface area contributed by atoms with Crippen LogP contribution in [0.25, 0.3) is 0 Å². The number of amides is 3.